The van der Waals surface area contributed by atoms with Gasteiger partial charge in [-0.3, -0.25) is 0 Å². The third-order valence-corrected chi connectivity index (χ3v) is 4.83. The lowest BCUT2D eigenvalue weighted by atomic mass is 10.2. The van der Waals surface area contributed by atoms with Gasteiger partial charge >= 0.3 is 5.97 Å². The van der Waals surface area contributed by atoms with E-state index in [0.29, 0.717) is 11.6 Å². The Balaban J connectivity index is 2.10. The molecule has 0 aliphatic rings. The SMILES string of the molecule is CCSCCC(Nc1nc2ccc(OC)cc2s1)C(=O)O. The molecule has 0 spiro atoms. The van der Waals surface area contributed by atoms with Crippen molar-refractivity contribution < 1.29 is 14.6 Å². The second-order valence-corrected chi connectivity index (χ2v) is 6.80. The lowest BCUT2D eigenvalue weighted by Gasteiger charge is -2.12. The third-order valence-electron chi connectivity index (χ3n) is 2.95. The highest BCUT2D eigenvalue weighted by molar-refractivity contribution is 7.99. The predicted molar refractivity (Wildman–Crippen MR) is 88.8 cm³/mol. The lowest BCUT2D eigenvalue weighted by molar-refractivity contribution is -0.137. The van der Waals surface area contributed by atoms with E-state index in [1.807, 2.05) is 18.2 Å². The minimum Gasteiger partial charge on any atom is -0.497 e. The van der Waals surface area contributed by atoms with Crippen LogP contribution in [0.5, 0.6) is 5.75 Å². The molecule has 1 aromatic carbocycles. The van der Waals surface area contributed by atoms with Crippen LogP contribution in [-0.2, 0) is 4.79 Å². The number of rotatable bonds is 8. The molecule has 7 heteroatoms. The largest absolute Gasteiger partial charge is 0.497 e. The van der Waals surface area contributed by atoms with Gasteiger partial charge in [-0.2, -0.15) is 11.8 Å². The van der Waals surface area contributed by atoms with Gasteiger partial charge in [-0.25, -0.2) is 9.78 Å². The van der Waals surface area contributed by atoms with Crippen molar-refractivity contribution in [1.82, 2.24) is 4.98 Å². The normalized spacial score (nSPS) is 12.3. The van der Waals surface area contributed by atoms with Gasteiger partial charge in [0.1, 0.15) is 11.8 Å². The molecular weight excluding hydrogens is 308 g/mol. The summed E-state index contributed by atoms with van der Waals surface area (Å²) in [4.78, 5) is 15.7. The first kappa shape index (κ1) is 15.9. The van der Waals surface area contributed by atoms with Crippen LogP contribution in [-0.4, -0.2) is 40.7 Å². The molecule has 0 saturated carbocycles. The van der Waals surface area contributed by atoms with E-state index in [-0.39, 0.29) is 0 Å². The summed E-state index contributed by atoms with van der Waals surface area (Å²) in [5.41, 5.74) is 0.843. The van der Waals surface area contributed by atoms with Crippen LogP contribution in [0.15, 0.2) is 18.2 Å². The van der Waals surface area contributed by atoms with Crippen LogP contribution in [0.2, 0.25) is 0 Å². The van der Waals surface area contributed by atoms with Crippen LogP contribution in [0.1, 0.15) is 13.3 Å². The van der Waals surface area contributed by atoms with Crippen LogP contribution in [0.25, 0.3) is 10.2 Å². The summed E-state index contributed by atoms with van der Waals surface area (Å²) >= 11 is 3.18. The van der Waals surface area contributed by atoms with Crippen molar-refractivity contribution in [1.29, 1.82) is 0 Å². The molecule has 1 aromatic heterocycles. The molecule has 1 heterocycles. The van der Waals surface area contributed by atoms with Gasteiger partial charge in [0.25, 0.3) is 0 Å². The fraction of sp³-hybridized carbons (Fsp3) is 0.429. The molecule has 0 aliphatic heterocycles. The van der Waals surface area contributed by atoms with Gasteiger partial charge in [-0.05, 0) is 36.1 Å². The minimum absolute atomic E-state index is 0.576. The second kappa shape index (κ2) is 7.51. The molecule has 21 heavy (non-hydrogen) atoms. The summed E-state index contributed by atoms with van der Waals surface area (Å²) < 4.78 is 6.15. The van der Waals surface area contributed by atoms with Crippen LogP contribution in [0.4, 0.5) is 5.13 Å². The number of aliphatic carboxylic acids is 1. The quantitative estimate of drug-likeness (QED) is 0.725. The number of aromatic nitrogens is 1. The fourth-order valence-corrected chi connectivity index (χ4v) is 3.48. The highest BCUT2D eigenvalue weighted by atomic mass is 32.2. The Hall–Kier alpha value is -1.47. The monoisotopic (exact) mass is 326 g/mol. The number of nitrogens with zero attached hydrogens (tertiary/aromatic N) is 1. The van der Waals surface area contributed by atoms with Gasteiger partial charge in [0.05, 0.1) is 17.3 Å². The number of thiazole rings is 1. The topological polar surface area (TPSA) is 71.5 Å². The molecular formula is C14H18N2O3S2. The first-order valence-corrected chi connectivity index (χ1v) is 8.62. The van der Waals surface area contributed by atoms with Crippen LogP contribution in [0, 0.1) is 0 Å². The predicted octanol–water partition coefficient (Wildman–Crippen LogP) is 3.31. The molecule has 0 aliphatic carbocycles. The summed E-state index contributed by atoms with van der Waals surface area (Å²) in [6, 6.07) is 5.02. The molecule has 0 saturated heterocycles. The van der Waals surface area contributed by atoms with Gasteiger partial charge in [0.15, 0.2) is 5.13 Å². The van der Waals surface area contributed by atoms with Gasteiger partial charge < -0.3 is 15.2 Å². The maximum atomic E-state index is 11.3. The first-order valence-electron chi connectivity index (χ1n) is 6.65. The molecule has 1 unspecified atom stereocenters. The Labute approximate surface area is 131 Å². The van der Waals surface area contributed by atoms with Crippen LogP contribution < -0.4 is 10.1 Å². The number of thioether (sulfide) groups is 1. The Bertz CT molecular complexity index is 615. The molecule has 2 N–H and O–H groups in total. The summed E-state index contributed by atoms with van der Waals surface area (Å²) in [7, 11) is 1.62. The standard InChI is InChI=1S/C14H18N2O3S2/c1-3-20-7-6-11(13(17)18)16-14-15-10-5-4-9(19-2)8-12(10)21-14/h4-5,8,11H,3,6-7H2,1-2H3,(H,15,16)(H,17,18). The minimum atomic E-state index is -0.844. The van der Waals surface area contributed by atoms with E-state index in [9.17, 15) is 9.90 Å². The summed E-state index contributed by atoms with van der Waals surface area (Å²) in [5, 5.41) is 12.9. The van der Waals surface area contributed by atoms with E-state index in [1.54, 1.807) is 18.9 Å². The Morgan fingerprint density at radius 1 is 1.57 bits per heavy atom. The number of hydrogen-bond acceptors (Lipinski definition) is 6. The summed E-state index contributed by atoms with van der Waals surface area (Å²) in [6.45, 7) is 2.06. The average Bonchev–Trinajstić information content (AvgIpc) is 2.87. The number of carboxylic acids is 1. The van der Waals surface area contributed by atoms with E-state index < -0.39 is 12.0 Å². The van der Waals surface area contributed by atoms with Crippen molar-refractivity contribution in [3.63, 3.8) is 0 Å². The maximum absolute atomic E-state index is 11.3. The van der Waals surface area contributed by atoms with E-state index in [4.69, 9.17) is 4.74 Å². The number of anilines is 1. The van der Waals surface area contributed by atoms with Crippen molar-refractivity contribution in [3.8, 4) is 5.75 Å². The number of nitrogens with one attached hydrogen (secondary N) is 1. The highest BCUT2D eigenvalue weighted by Crippen LogP contribution is 2.29. The maximum Gasteiger partial charge on any atom is 0.326 e. The zero-order chi connectivity index (χ0) is 15.2. The fourth-order valence-electron chi connectivity index (χ4n) is 1.85. The summed E-state index contributed by atoms with van der Waals surface area (Å²) in [6.07, 6.45) is 0.576. The molecule has 2 aromatic rings. The van der Waals surface area contributed by atoms with Crippen molar-refractivity contribution >= 4 is 44.4 Å². The average molecular weight is 326 g/mol. The highest BCUT2D eigenvalue weighted by Gasteiger charge is 2.18. The number of fused-ring (bicyclic) bond motifs is 1. The van der Waals surface area contributed by atoms with Crippen molar-refractivity contribution in [2.24, 2.45) is 0 Å². The van der Waals surface area contributed by atoms with E-state index in [2.05, 4.69) is 17.2 Å². The van der Waals surface area contributed by atoms with Gasteiger partial charge in [-0.1, -0.05) is 18.3 Å². The number of carbonyl (C=O) groups is 1. The smallest absolute Gasteiger partial charge is 0.326 e. The zero-order valence-electron chi connectivity index (χ0n) is 12.0. The van der Waals surface area contributed by atoms with Gasteiger partial charge in [0.2, 0.25) is 0 Å². The van der Waals surface area contributed by atoms with E-state index in [1.165, 1.54) is 11.3 Å². The zero-order valence-corrected chi connectivity index (χ0v) is 13.6. The molecule has 1 atom stereocenters. The van der Waals surface area contributed by atoms with Gasteiger partial charge in [-0.15, -0.1) is 0 Å². The van der Waals surface area contributed by atoms with E-state index in [0.717, 1.165) is 27.5 Å². The lowest BCUT2D eigenvalue weighted by Crippen LogP contribution is -2.29. The van der Waals surface area contributed by atoms with Gasteiger partial charge in [0, 0.05) is 0 Å². The van der Waals surface area contributed by atoms with Crippen molar-refractivity contribution in [2.75, 3.05) is 23.9 Å². The molecule has 0 bridgehead atoms. The number of carboxylic acid groups (broad SMARTS) is 1. The van der Waals surface area contributed by atoms with Crippen LogP contribution >= 0.6 is 23.1 Å². The molecule has 0 amide bonds. The summed E-state index contributed by atoms with van der Waals surface area (Å²) in [5.74, 6) is 1.74. The number of benzene rings is 1. The molecule has 114 valence electrons. The Morgan fingerprint density at radius 3 is 3.05 bits per heavy atom. The third kappa shape index (κ3) is 4.25. The van der Waals surface area contributed by atoms with Crippen molar-refractivity contribution in [3.05, 3.63) is 18.2 Å². The number of ether oxygens (including phenoxy) is 1. The molecule has 0 fully saturated rings. The molecule has 0 radical (unpaired) electrons. The van der Waals surface area contributed by atoms with Crippen molar-refractivity contribution in [2.45, 2.75) is 19.4 Å². The second-order valence-electron chi connectivity index (χ2n) is 4.37. The van der Waals surface area contributed by atoms with Crippen LogP contribution in [0.3, 0.4) is 0 Å². The first-order chi connectivity index (χ1) is 10.1. The molecule has 5 nitrogen and oxygen atoms in total. The Kier molecular flexibility index (Phi) is 5.69. The Morgan fingerprint density at radius 2 is 2.38 bits per heavy atom. The number of methoxy groups -OCH3 is 1. The number of hydrogen-bond donors (Lipinski definition) is 2. The molecule has 2 rings (SSSR count). The van der Waals surface area contributed by atoms with E-state index >= 15 is 0 Å².